The highest BCUT2D eigenvalue weighted by Gasteiger charge is 2.36. The fraction of sp³-hybridized carbons (Fsp3) is 0.188. The van der Waals surface area contributed by atoms with Crippen molar-refractivity contribution in [1.82, 2.24) is 0 Å². The summed E-state index contributed by atoms with van der Waals surface area (Å²) in [7, 11) is -1.54. The van der Waals surface area contributed by atoms with Crippen LogP contribution in [0, 0.1) is 5.41 Å². The van der Waals surface area contributed by atoms with Gasteiger partial charge in [0, 0.05) is 5.56 Å². The summed E-state index contributed by atoms with van der Waals surface area (Å²) in [5.74, 6) is -0.00376. The smallest absolute Gasteiger partial charge is 0.422 e. The molecule has 0 bridgehead atoms. The normalized spacial score (nSPS) is 20.4. The van der Waals surface area contributed by atoms with E-state index in [1.165, 1.54) is 18.2 Å². The minimum absolute atomic E-state index is 0.00376. The van der Waals surface area contributed by atoms with E-state index in [2.05, 4.69) is 0 Å². The lowest BCUT2D eigenvalue weighted by Gasteiger charge is -2.09. The molecule has 1 aliphatic heterocycles. The van der Waals surface area contributed by atoms with E-state index in [0.717, 1.165) is 5.56 Å². The number of nitrogens with one attached hydrogen (secondary N) is 1. The van der Waals surface area contributed by atoms with Crippen LogP contribution in [0.2, 0.25) is 0 Å². The average Bonchev–Trinajstić information content (AvgIpc) is 2.77. The van der Waals surface area contributed by atoms with Crippen LogP contribution in [0.5, 0.6) is 5.75 Å². The Balaban J connectivity index is 1.90. The summed E-state index contributed by atoms with van der Waals surface area (Å²) in [4.78, 5) is 0.337. The van der Waals surface area contributed by atoms with Crippen LogP contribution in [-0.4, -0.2) is 22.7 Å². The topological polar surface area (TPSA) is 50.1 Å². The van der Waals surface area contributed by atoms with Crippen LogP contribution in [0.25, 0.3) is 0 Å². The number of hydrogen-bond acceptors (Lipinski definition) is 3. The van der Waals surface area contributed by atoms with Crippen molar-refractivity contribution in [1.29, 1.82) is 5.41 Å². The van der Waals surface area contributed by atoms with Crippen molar-refractivity contribution in [3.63, 3.8) is 0 Å². The third kappa shape index (κ3) is 3.14. The Morgan fingerprint density at radius 1 is 1.13 bits per heavy atom. The minimum Gasteiger partial charge on any atom is -0.484 e. The van der Waals surface area contributed by atoms with E-state index in [1.54, 1.807) is 24.3 Å². The number of rotatable bonds is 3. The van der Waals surface area contributed by atoms with Crippen molar-refractivity contribution in [3.05, 3.63) is 59.7 Å². The Morgan fingerprint density at radius 2 is 1.83 bits per heavy atom. The van der Waals surface area contributed by atoms with E-state index in [9.17, 15) is 17.4 Å². The maximum absolute atomic E-state index is 12.7. The maximum atomic E-state index is 12.7. The summed E-state index contributed by atoms with van der Waals surface area (Å²) < 4.78 is 54.0. The molecule has 0 saturated carbocycles. The second-order valence-electron chi connectivity index (χ2n) is 5.06. The van der Waals surface area contributed by atoms with Crippen LogP contribution in [0.15, 0.2) is 53.4 Å². The molecule has 0 aliphatic carbocycles. The van der Waals surface area contributed by atoms with Crippen LogP contribution in [-0.2, 0) is 10.8 Å². The molecule has 0 saturated heterocycles. The predicted octanol–water partition coefficient (Wildman–Crippen LogP) is 3.86. The van der Waals surface area contributed by atoms with E-state index in [-0.39, 0.29) is 11.5 Å². The first-order chi connectivity index (χ1) is 10.9. The van der Waals surface area contributed by atoms with Gasteiger partial charge in [0.15, 0.2) is 6.61 Å². The molecule has 3 nitrogen and oxygen atoms in total. The Morgan fingerprint density at radius 3 is 2.48 bits per heavy atom. The number of ether oxygens (including phenoxy) is 1. The standard InChI is InChI=1S/C16H12F3NO2S/c17-16(18,19)9-22-11-6-7-12-13(8-11)23(21)15(14(12)20)10-4-2-1-3-5-10/h1-8,15,20H,9H2/t15-,23-/m1/s1. The van der Waals surface area contributed by atoms with Gasteiger partial charge in [-0.25, -0.2) is 0 Å². The van der Waals surface area contributed by atoms with Gasteiger partial charge in [0.25, 0.3) is 0 Å². The van der Waals surface area contributed by atoms with Crippen LogP contribution < -0.4 is 4.74 Å². The Bertz CT molecular complexity index is 775. The second kappa shape index (κ2) is 5.81. The average molecular weight is 339 g/mol. The molecular weight excluding hydrogens is 327 g/mol. The molecule has 0 unspecified atom stereocenters. The lowest BCUT2D eigenvalue weighted by Crippen LogP contribution is -2.19. The number of hydrogen-bond donors (Lipinski definition) is 1. The SMILES string of the molecule is N=C1c2ccc(OCC(F)(F)F)cc2[S@@](=O)[C@@H]1c1ccccc1. The van der Waals surface area contributed by atoms with Gasteiger partial charge in [-0.2, -0.15) is 13.2 Å². The lowest BCUT2D eigenvalue weighted by atomic mass is 10.0. The first kappa shape index (κ1) is 15.7. The number of fused-ring (bicyclic) bond motifs is 1. The third-order valence-corrected chi connectivity index (χ3v) is 5.15. The summed E-state index contributed by atoms with van der Waals surface area (Å²) in [5.41, 5.74) is 1.42. The molecule has 3 rings (SSSR count). The molecular formula is C16H12F3NO2S. The molecule has 0 amide bonds. The summed E-state index contributed by atoms with van der Waals surface area (Å²) in [6.07, 6.45) is -4.43. The second-order valence-corrected chi connectivity index (χ2v) is 6.57. The predicted molar refractivity (Wildman–Crippen MR) is 80.4 cm³/mol. The summed E-state index contributed by atoms with van der Waals surface area (Å²) in [6.45, 7) is -1.40. The first-order valence-corrected chi connectivity index (χ1v) is 7.96. The minimum atomic E-state index is -4.43. The molecule has 0 aromatic heterocycles. The van der Waals surface area contributed by atoms with E-state index in [1.807, 2.05) is 6.07 Å². The quantitative estimate of drug-likeness (QED) is 0.923. The fourth-order valence-electron chi connectivity index (χ4n) is 2.44. The van der Waals surface area contributed by atoms with Gasteiger partial charge in [0.1, 0.15) is 11.0 Å². The zero-order valence-corrected chi connectivity index (χ0v) is 12.6. The van der Waals surface area contributed by atoms with E-state index in [0.29, 0.717) is 10.5 Å². The van der Waals surface area contributed by atoms with Gasteiger partial charge < -0.3 is 10.1 Å². The summed E-state index contributed by atoms with van der Waals surface area (Å²) >= 11 is 0. The van der Waals surface area contributed by atoms with Crippen molar-refractivity contribution in [3.8, 4) is 5.75 Å². The largest absolute Gasteiger partial charge is 0.484 e. The van der Waals surface area contributed by atoms with Gasteiger partial charge in [0.05, 0.1) is 21.4 Å². The van der Waals surface area contributed by atoms with Crippen LogP contribution in [0.1, 0.15) is 16.4 Å². The Hall–Kier alpha value is -2.15. The molecule has 0 spiro atoms. The van der Waals surface area contributed by atoms with Crippen LogP contribution >= 0.6 is 0 Å². The molecule has 7 heteroatoms. The highest BCUT2D eigenvalue weighted by molar-refractivity contribution is 7.86. The Kier molecular flexibility index (Phi) is 3.97. The van der Waals surface area contributed by atoms with Gasteiger partial charge in [-0.3, -0.25) is 4.21 Å². The molecule has 0 radical (unpaired) electrons. The van der Waals surface area contributed by atoms with Crippen LogP contribution in [0.4, 0.5) is 13.2 Å². The summed E-state index contributed by atoms with van der Waals surface area (Å²) in [5, 5.41) is 7.61. The van der Waals surface area contributed by atoms with Crippen molar-refractivity contribution in [2.75, 3.05) is 6.61 Å². The van der Waals surface area contributed by atoms with Crippen LogP contribution in [0.3, 0.4) is 0 Å². The van der Waals surface area contributed by atoms with Gasteiger partial charge >= 0.3 is 6.18 Å². The fourth-order valence-corrected chi connectivity index (χ4v) is 4.07. The number of alkyl halides is 3. The molecule has 120 valence electrons. The molecule has 2 aromatic carbocycles. The van der Waals surface area contributed by atoms with Gasteiger partial charge in [-0.1, -0.05) is 30.3 Å². The van der Waals surface area contributed by atoms with Crippen molar-refractivity contribution in [2.24, 2.45) is 0 Å². The van der Waals surface area contributed by atoms with Crippen molar-refractivity contribution in [2.45, 2.75) is 16.3 Å². The molecule has 2 atom stereocenters. The van der Waals surface area contributed by atoms with Gasteiger partial charge in [0.2, 0.25) is 0 Å². The zero-order valence-electron chi connectivity index (χ0n) is 11.8. The van der Waals surface area contributed by atoms with E-state index >= 15 is 0 Å². The molecule has 1 heterocycles. The number of halogens is 3. The highest BCUT2D eigenvalue weighted by Crippen LogP contribution is 2.39. The van der Waals surface area contributed by atoms with Gasteiger partial charge in [-0.05, 0) is 23.8 Å². The maximum Gasteiger partial charge on any atom is 0.422 e. The molecule has 23 heavy (non-hydrogen) atoms. The molecule has 1 aliphatic rings. The van der Waals surface area contributed by atoms with Gasteiger partial charge in [-0.15, -0.1) is 0 Å². The summed E-state index contributed by atoms with van der Waals surface area (Å²) in [6, 6.07) is 13.2. The molecule has 0 fully saturated rings. The van der Waals surface area contributed by atoms with E-state index in [4.69, 9.17) is 10.1 Å². The highest BCUT2D eigenvalue weighted by atomic mass is 32.2. The van der Waals surface area contributed by atoms with Crippen molar-refractivity contribution >= 4 is 16.5 Å². The molecule has 1 N–H and O–H groups in total. The first-order valence-electron chi connectivity index (χ1n) is 6.75. The number of benzene rings is 2. The zero-order chi connectivity index (χ0) is 16.6. The molecule has 2 aromatic rings. The lowest BCUT2D eigenvalue weighted by molar-refractivity contribution is -0.153. The van der Waals surface area contributed by atoms with E-state index < -0.39 is 28.8 Å². The van der Waals surface area contributed by atoms with Crippen molar-refractivity contribution < 1.29 is 22.1 Å². The monoisotopic (exact) mass is 339 g/mol. The third-order valence-electron chi connectivity index (χ3n) is 3.44. The Labute approximate surface area is 133 Å².